The first-order valence-electron chi connectivity index (χ1n) is 8.35. The summed E-state index contributed by atoms with van der Waals surface area (Å²) >= 11 is 0. The maximum absolute atomic E-state index is 14.5. The number of benzene rings is 3. The van der Waals surface area contributed by atoms with Crippen molar-refractivity contribution >= 4 is 5.97 Å². The van der Waals surface area contributed by atoms with E-state index < -0.39 is 28.8 Å². The minimum absolute atomic E-state index is 0.180. The zero-order chi connectivity index (χ0) is 19.6. The van der Waals surface area contributed by atoms with Gasteiger partial charge >= 0.3 is 5.97 Å². The lowest BCUT2D eigenvalue weighted by Crippen LogP contribution is -2.19. The number of ether oxygens (including phenoxy) is 1. The zero-order valence-electron chi connectivity index (χ0n) is 14.9. The van der Waals surface area contributed by atoms with Gasteiger partial charge in [-0.15, -0.1) is 0 Å². The van der Waals surface area contributed by atoms with Crippen LogP contribution in [-0.4, -0.2) is 11.1 Å². The Balaban J connectivity index is 1.87. The quantitative estimate of drug-likeness (QED) is 0.508. The average Bonchev–Trinajstić information content (AvgIpc) is 2.66. The van der Waals surface area contributed by atoms with Gasteiger partial charge in [-0.1, -0.05) is 44.2 Å². The molecule has 0 atom stereocenters. The Labute approximate surface area is 155 Å². The van der Waals surface area contributed by atoms with Crippen LogP contribution in [0.25, 0.3) is 0 Å². The summed E-state index contributed by atoms with van der Waals surface area (Å²) in [5.74, 6) is -2.70. The molecule has 0 unspecified atom stereocenters. The van der Waals surface area contributed by atoms with Crippen LogP contribution >= 0.6 is 0 Å². The fourth-order valence-electron chi connectivity index (χ4n) is 2.77. The lowest BCUT2D eigenvalue weighted by atomic mass is 9.78. The Bertz CT molecular complexity index is 982. The van der Waals surface area contributed by atoms with Crippen LogP contribution in [0.3, 0.4) is 0 Å². The molecule has 0 aliphatic heterocycles. The van der Waals surface area contributed by atoms with Gasteiger partial charge in [0.15, 0.2) is 23.1 Å². The van der Waals surface area contributed by atoms with Crippen LogP contribution in [0.2, 0.25) is 0 Å². The second kappa shape index (κ2) is 7.19. The summed E-state index contributed by atoms with van der Waals surface area (Å²) in [6.45, 7) is 3.62. The normalized spacial score (nSPS) is 11.3. The highest BCUT2D eigenvalue weighted by Gasteiger charge is 2.26. The third-order valence-electron chi connectivity index (χ3n) is 4.54. The van der Waals surface area contributed by atoms with Crippen LogP contribution in [0.15, 0.2) is 66.7 Å². The summed E-state index contributed by atoms with van der Waals surface area (Å²) in [7, 11) is 0. The molecule has 5 heteroatoms. The molecule has 0 saturated heterocycles. The number of phenols is 1. The van der Waals surface area contributed by atoms with Gasteiger partial charge in [-0.25, -0.2) is 13.6 Å². The standard InChI is InChI=1S/C22H18F2O3/c1-22(2,15-8-10-19(25)17(23)12-15)16-9-11-20(18(24)13-16)27-21(26)14-6-4-3-5-7-14/h3-13,25H,1-2H3. The van der Waals surface area contributed by atoms with Crippen molar-refractivity contribution in [3.8, 4) is 11.5 Å². The van der Waals surface area contributed by atoms with E-state index in [9.17, 15) is 18.7 Å². The first-order valence-corrected chi connectivity index (χ1v) is 8.35. The maximum atomic E-state index is 14.5. The highest BCUT2D eigenvalue weighted by atomic mass is 19.1. The van der Waals surface area contributed by atoms with Crippen LogP contribution in [0, 0.1) is 11.6 Å². The molecule has 0 amide bonds. The van der Waals surface area contributed by atoms with E-state index >= 15 is 0 Å². The van der Waals surface area contributed by atoms with Crippen molar-refractivity contribution < 1.29 is 23.4 Å². The first-order chi connectivity index (χ1) is 12.8. The van der Waals surface area contributed by atoms with E-state index in [4.69, 9.17) is 4.74 Å². The smallest absolute Gasteiger partial charge is 0.343 e. The molecule has 27 heavy (non-hydrogen) atoms. The highest BCUT2D eigenvalue weighted by molar-refractivity contribution is 5.91. The molecule has 3 aromatic rings. The van der Waals surface area contributed by atoms with E-state index in [1.165, 1.54) is 24.3 Å². The molecule has 0 spiro atoms. The second-order valence-electron chi connectivity index (χ2n) is 6.69. The predicted molar refractivity (Wildman–Crippen MR) is 98.0 cm³/mol. The Morgan fingerprint density at radius 3 is 2.07 bits per heavy atom. The monoisotopic (exact) mass is 368 g/mol. The number of hydrogen-bond donors (Lipinski definition) is 1. The summed E-state index contributed by atoms with van der Waals surface area (Å²) < 4.78 is 33.3. The van der Waals surface area contributed by atoms with Crippen molar-refractivity contribution in [1.29, 1.82) is 0 Å². The van der Waals surface area contributed by atoms with Gasteiger partial charge in [0.25, 0.3) is 0 Å². The molecule has 0 aliphatic rings. The molecular weight excluding hydrogens is 350 g/mol. The van der Waals surface area contributed by atoms with Gasteiger partial charge in [-0.3, -0.25) is 0 Å². The molecular formula is C22H18F2O3. The topological polar surface area (TPSA) is 46.5 Å². The summed E-state index contributed by atoms with van der Waals surface area (Å²) in [6.07, 6.45) is 0. The minimum Gasteiger partial charge on any atom is -0.505 e. The van der Waals surface area contributed by atoms with E-state index in [1.54, 1.807) is 42.5 Å². The number of halogens is 2. The van der Waals surface area contributed by atoms with Gasteiger partial charge in [0, 0.05) is 5.41 Å². The summed E-state index contributed by atoms with van der Waals surface area (Å²) in [6, 6.07) is 16.6. The van der Waals surface area contributed by atoms with Crippen LogP contribution in [0.5, 0.6) is 11.5 Å². The van der Waals surface area contributed by atoms with E-state index in [0.717, 1.165) is 0 Å². The number of esters is 1. The van der Waals surface area contributed by atoms with Crippen molar-refractivity contribution in [1.82, 2.24) is 0 Å². The highest BCUT2D eigenvalue weighted by Crippen LogP contribution is 2.35. The molecule has 3 nitrogen and oxygen atoms in total. The minimum atomic E-state index is -0.741. The SMILES string of the molecule is CC(C)(c1ccc(O)c(F)c1)c1ccc(OC(=O)c2ccccc2)c(F)c1. The largest absolute Gasteiger partial charge is 0.505 e. The number of phenolic OH excluding ortho intramolecular Hbond substituents is 1. The third kappa shape index (κ3) is 3.82. The molecule has 1 N–H and O–H groups in total. The average molecular weight is 368 g/mol. The molecule has 0 bridgehead atoms. The van der Waals surface area contributed by atoms with Crippen molar-refractivity contribution in [3.63, 3.8) is 0 Å². The van der Waals surface area contributed by atoms with E-state index in [1.807, 2.05) is 13.8 Å². The van der Waals surface area contributed by atoms with Crippen molar-refractivity contribution in [2.45, 2.75) is 19.3 Å². The first kappa shape index (κ1) is 18.6. The Morgan fingerprint density at radius 2 is 1.48 bits per heavy atom. The van der Waals surface area contributed by atoms with Crippen LogP contribution < -0.4 is 4.74 Å². The molecule has 0 radical (unpaired) electrons. The van der Waals surface area contributed by atoms with E-state index in [2.05, 4.69) is 0 Å². The fraction of sp³-hybridized carbons (Fsp3) is 0.136. The number of carbonyl (C=O) groups is 1. The molecule has 3 aromatic carbocycles. The summed E-state index contributed by atoms with van der Waals surface area (Å²) in [4.78, 5) is 12.1. The molecule has 0 aromatic heterocycles. The second-order valence-corrected chi connectivity index (χ2v) is 6.69. The lowest BCUT2D eigenvalue weighted by Gasteiger charge is -2.26. The number of carbonyl (C=O) groups excluding carboxylic acids is 1. The van der Waals surface area contributed by atoms with E-state index in [0.29, 0.717) is 16.7 Å². The zero-order valence-corrected chi connectivity index (χ0v) is 14.9. The third-order valence-corrected chi connectivity index (χ3v) is 4.54. The van der Waals surface area contributed by atoms with Crippen LogP contribution in [0.1, 0.15) is 35.3 Å². The molecule has 0 fully saturated rings. The van der Waals surface area contributed by atoms with Gasteiger partial charge < -0.3 is 9.84 Å². The number of hydrogen-bond acceptors (Lipinski definition) is 3. The number of rotatable bonds is 4. The van der Waals surface area contributed by atoms with Gasteiger partial charge in [-0.05, 0) is 47.5 Å². The summed E-state index contributed by atoms with van der Waals surface area (Å²) in [5, 5.41) is 9.35. The molecule has 0 saturated carbocycles. The Morgan fingerprint density at radius 1 is 0.889 bits per heavy atom. The molecule has 0 heterocycles. The van der Waals surface area contributed by atoms with Crippen molar-refractivity contribution in [3.05, 3.63) is 95.1 Å². The van der Waals surface area contributed by atoms with Crippen molar-refractivity contribution in [2.24, 2.45) is 0 Å². The summed E-state index contributed by atoms with van der Waals surface area (Å²) in [5.41, 5.74) is 0.744. The fourth-order valence-corrected chi connectivity index (χ4v) is 2.77. The maximum Gasteiger partial charge on any atom is 0.343 e. The van der Waals surface area contributed by atoms with E-state index in [-0.39, 0.29) is 5.75 Å². The van der Waals surface area contributed by atoms with Crippen LogP contribution in [0.4, 0.5) is 8.78 Å². The van der Waals surface area contributed by atoms with Crippen molar-refractivity contribution in [2.75, 3.05) is 0 Å². The van der Waals surface area contributed by atoms with Gasteiger partial charge in [0.05, 0.1) is 5.56 Å². The number of aromatic hydroxyl groups is 1. The molecule has 3 rings (SSSR count). The Kier molecular flexibility index (Phi) is 4.95. The predicted octanol–water partition coefficient (Wildman–Crippen LogP) is 5.22. The van der Waals surface area contributed by atoms with Gasteiger partial charge in [0.1, 0.15) is 0 Å². The van der Waals surface area contributed by atoms with Crippen LogP contribution in [-0.2, 0) is 5.41 Å². The lowest BCUT2D eigenvalue weighted by molar-refractivity contribution is 0.0728. The molecule has 0 aliphatic carbocycles. The Hall–Kier alpha value is -3.21. The molecule has 138 valence electrons. The van der Waals surface area contributed by atoms with Gasteiger partial charge in [0.2, 0.25) is 0 Å². The van der Waals surface area contributed by atoms with Gasteiger partial charge in [-0.2, -0.15) is 0 Å².